The fraction of sp³-hybridized carbons (Fsp3) is 0.556. The first-order chi connectivity index (χ1) is 6.99. The highest BCUT2D eigenvalue weighted by Gasteiger charge is 2.25. The number of aryl methyl sites for hydroxylation is 1. The first-order valence-corrected chi connectivity index (χ1v) is 7.14. The van der Waals surface area contributed by atoms with Gasteiger partial charge in [-0.05, 0) is 37.3 Å². The van der Waals surface area contributed by atoms with E-state index < -0.39 is 10.0 Å². The highest BCUT2D eigenvalue weighted by Crippen LogP contribution is 2.30. The standard InChI is InChI=1S/C9H14N2O2S2/c1-6-4-8(14-9(6)10)15(12,13)11-5-7-2-3-7/h4,7,11H,2-3,5,10H2,1H3. The van der Waals surface area contributed by atoms with Crippen LogP contribution in [0.15, 0.2) is 10.3 Å². The molecule has 0 spiro atoms. The van der Waals surface area contributed by atoms with E-state index in [1.165, 1.54) is 0 Å². The van der Waals surface area contributed by atoms with Crippen molar-refractivity contribution in [1.82, 2.24) is 4.72 Å². The predicted molar refractivity (Wildman–Crippen MR) is 61.4 cm³/mol. The zero-order valence-electron chi connectivity index (χ0n) is 8.49. The number of sulfonamides is 1. The Labute approximate surface area is 93.5 Å². The molecule has 84 valence electrons. The van der Waals surface area contributed by atoms with Crippen molar-refractivity contribution in [3.05, 3.63) is 11.6 Å². The molecule has 1 aliphatic carbocycles. The lowest BCUT2D eigenvalue weighted by atomic mass is 10.4. The number of nitrogen functional groups attached to an aromatic ring is 1. The summed E-state index contributed by atoms with van der Waals surface area (Å²) in [7, 11) is -3.33. The topological polar surface area (TPSA) is 72.2 Å². The molecule has 3 N–H and O–H groups in total. The summed E-state index contributed by atoms with van der Waals surface area (Å²) in [4.78, 5) is 0. The first kappa shape index (κ1) is 10.9. The molecule has 1 heterocycles. The zero-order valence-corrected chi connectivity index (χ0v) is 10.1. The maximum atomic E-state index is 11.8. The lowest BCUT2D eigenvalue weighted by molar-refractivity contribution is 0.579. The third kappa shape index (κ3) is 2.50. The quantitative estimate of drug-likeness (QED) is 0.841. The van der Waals surface area contributed by atoms with Gasteiger partial charge in [-0.3, -0.25) is 0 Å². The summed E-state index contributed by atoms with van der Waals surface area (Å²) >= 11 is 1.12. The molecule has 15 heavy (non-hydrogen) atoms. The van der Waals surface area contributed by atoms with E-state index in [9.17, 15) is 8.42 Å². The number of nitrogens with one attached hydrogen (secondary N) is 1. The average Bonchev–Trinajstić information content (AvgIpc) is 2.92. The van der Waals surface area contributed by atoms with E-state index in [1.54, 1.807) is 6.07 Å². The lowest BCUT2D eigenvalue weighted by Gasteiger charge is -2.02. The summed E-state index contributed by atoms with van der Waals surface area (Å²) in [5.74, 6) is 0.540. The van der Waals surface area contributed by atoms with Gasteiger partial charge in [0.15, 0.2) is 0 Å². The van der Waals surface area contributed by atoms with Crippen LogP contribution in [0.25, 0.3) is 0 Å². The number of rotatable bonds is 4. The molecule has 4 nitrogen and oxygen atoms in total. The molecular weight excluding hydrogens is 232 g/mol. The Balaban J connectivity index is 2.12. The maximum Gasteiger partial charge on any atom is 0.250 e. The molecule has 0 saturated heterocycles. The molecule has 0 aromatic carbocycles. The van der Waals surface area contributed by atoms with Crippen LogP contribution in [-0.2, 0) is 10.0 Å². The van der Waals surface area contributed by atoms with Crippen molar-refractivity contribution in [2.75, 3.05) is 12.3 Å². The molecule has 0 amide bonds. The van der Waals surface area contributed by atoms with Crippen molar-refractivity contribution in [3.63, 3.8) is 0 Å². The second-order valence-electron chi connectivity index (χ2n) is 3.91. The molecule has 1 aliphatic rings. The van der Waals surface area contributed by atoms with Gasteiger partial charge in [0, 0.05) is 6.54 Å². The fourth-order valence-electron chi connectivity index (χ4n) is 1.22. The molecule has 2 rings (SSSR count). The van der Waals surface area contributed by atoms with Crippen LogP contribution in [0, 0.1) is 12.8 Å². The summed E-state index contributed by atoms with van der Waals surface area (Å²) in [6.45, 7) is 2.37. The summed E-state index contributed by atoms with van der Waals surface area (Å²) < 4.78 is 26.5. The van der Waals surface area contributed by atoms with Gasteiger partial charge in [0.1, 0.15) is 4.21 Å². The molecule has 0 bridgehead atoms. The second-order valence-corrected chi connectivity index (χ2v) is 6.99. The van der Waals surface area contributed by atoms with Gasteiger partial charge in [0.25, 0.3) is 0 Å². The predicted octanol–water partition coefficient (Wildman–Crippen LogP) is 1.33. The number of nitrogens with two attached hydrogens (primary N) is 1. The van der Waals surface area contributed by atoms with Crippen LogP contribution in [-0.4, -0.2) is 15.0 Å². The number of hydrogen-bond acceptors (Lipinski definition) is 4. The lowest BCUT2D eigenvalue weighted by Crippen LogP contribution is -2.25. The van der Waals surface area contributed by atoms with Crippen LogP contribution in [0.2, 0.25) is 0 Å². The Bertz CT molecular complexity index is 441. The van der Waals surface area contributed by atoms with Crippen molar-refractivity contribution in [2.45, 2.75) is 24.0 Å². The summed E-state index contributed by atoms with van der Waals surface area (Å²) in [6.07, 6.45) is 2.27. The minimum absolute atomic E-state index is 0.318. The van der Waals surface area contributed by atoms with E-state index in [0.29, 0.717) is 21.7 Å². The highest BCUT2D eigenvalue weighted by molar-refractivity contribution is 7.91. The Morgan fingerprint density at radius 1 is 1.60 bits per heavy atom. The normalized spacial score (nSPS) is 16.9. The first-order valence-electron chi connectivity index (χ1n) is 4.84. The Kier molecular flexibility index (Phi) is 2.74. The van der Waals surface area contributed by atoms with Crippen molar-refractivity contribution in [1.29, 1.82) is 0 Å². The zero-order chi connectivity index (χ0) is 11.1. The van der Waals surface area contributed by atoms with Crippen LogP contribution < -0.4 is 10.5 Å². The molecule has 0 aliphatic heterocycles. The third-order valence-corrected chi connectivity index (χ3v) is 5.42. The van der Waals surface area contributed by atoms with Crippen molar-refractivity contribution in [3.8, 4) is 0 Å². The number of hydrogen-bond donors (Lipinski definition) is 2. The van der Waals surface area contributed by atoms with E-state index in [2.05, 4.69) is 4.72 Å². The number of thiophene rings is 1. The van der Waals surface area contributed by atoms with Crippen LogP contribution in [0.5, 0.6) is 0 Å². The molecule has 1 aromatic heterocycles. The molecule has 0 atom stereocenters. The van der Waals surface area contributed by atoms with Gasteiger partial charge in [-0.25, -0.2) is 13.1 Å². The SMILES string of the molecule is Cc1cc(S(=O)(=O)NCC2CC2)sc1N. The van der Waals surface area contributed by atoms with Gasteiger partial charge in [-0.15, -0.1) is 11.3 Å². The second kappa shape index (κ2) is 3.77. The molecule has 1 aromatic rings. The Morgan fingerprint density at radius 2 is 2.27 bits per heavy atom. The van der Waals surface area contributed by atoms with Gasteiger partial charge < -0.3 is 5.73 Å². The Hall–Kier alpha value is -0.590. The van der Waals surface area contributed by atoms with Crippen molar-refractivity contribution < 1.29 is 8.42 Å². The smallest absolute Gasteiger partial charge is 0.250 e. The van der Waals surface area contributed by atoms with E-state index >= 15 is 0 Å². The van der Waals surface area contributed by atoms with E-state index in [4.69, 9.17) is 5.73 Å². The number of anilines is 1. The van der Waals surface area contributed by atoms with Gasteiger partial charge in [0.2, 0.25) is 10.0 Å². The minimum atomic E-state index is -3.33. The monoisotopic (exact) mass is 246 g/mol. The molecule has 0 radical (unpaired) electrons. The van der Waals surface area contributed by atoms with Gasteiger partial charge >= 0.3 is 0 Å². The van der Waals surface area contributed by atoms with Crippen LogP contribution in [0.4, 0.5) is 5.00 Å². The third-order valence-electron chi connectivity index (χ3n) is 2.46. The van der Waals surface area contributed by atoms with E-state index in [-0.39, 0.29) is 0 Å². The fourth-order valence-corrected chi connectivity index (χ4v) is 3.71. The Morgan fingerprint density at radius 3 is 2.73 bits per heavy atom. The van der Waals surface area contributed by atoms with E-state index in [0.717, 1.165) is 29.7 Å². The summed E-state index contributed by atoms with van der Waals surface area (Å²) in [5, 5.41) is 0.571. The van der Waals surface area contributed by atoms with Crippen LogP contribution >= 0.6 is 11.3 Å². The highest BCUT2D eigenvalue weighted by atomic mass is 32.2. The summed E-state index contributed by atoms with van der Waals surface area (Å²) in [6, 6.07) is 1.62. The molecule has 0 unspecified atom stereocenters. The largest absolute Gasteiger partial charge is 0.390 e. The summed E-state index contributed by atoms with van der Waals surface area (Å²) in [5.41, 5.74) is 6.46. The van der Waals surface area contributed by atoms with Crippen LogP contribution in [0.3, 0.4) is 0 Å². The van der Waals surface area contributed by atoms with Crippen molar-refractivity contribution >= 4 is 26.4 Å². The van der Waals surface area contributed by atoms with Crippen LogP contribution in [0.1, 0.15) is 18.4 Å². The van der Waals surface area contributed by atoms with E-state index in [1.807, 2.05) is 6.92 Å². The van der Waals surface area contributed by atoms with Crippen molar-refractivity contribution in [2.24, 2.45) is 5.92 Å². The van der Waals surface area contributed by atoms with Gasteiger partial charge in [0.05, 0.1) is 5.00 Å². The molecular formula is C9H14N2O2S2. The minimum Gasteiger partial charge on any atom is -0.390 e. The molecule has 1 fully saturated rings. The average molecular weight is 246 g/mol. The molecule has 6 heteroatoms. The van der Waals surface area contributed by atoms with Gasteiger partial charge in [-0.1, -0.05) is 0 Å². The molecule has 1 saturated carbocycles. The maximum absolute atomic E-state index is 11.8. The van der Waals surface area contributed by atoms with Gasteiger partial charge in [-0.2, -0.15) is 0 Å².